The first-order valence-corrected chi connectivity index (χ1v) is 9.07. The average molecular weight is 331 g/mol. The van der Waals surface area contributed by atoms with E-state index in [0.29, 0.717) is 24.9 Å². The lowest BCUT2D eigenvalue weighted by atomic mass is 9.96. The number of fused-ring (bicyclic) bond motifs is 2. The lowest BCUT2D eigenvalue weighted by Crippen LogP contribution is -2.47. The van der Waals surface area contributed by atoms with E-state index in [1.54, 1.807) is 0 Å². The van der Waals surface area contributed by atoms with Crippen LogP contribution < -0.4 is 10.6 Å². The molecule has 0 aliphatic carbocycles. The maximum Gasteiger partial charge on any atom is 0.191 e. The Morgan fingerprint density at radius 3 is 2.79 bits per heavy atom. The smallest absolute Gasteiger partial charge is 0.191 e. The lowest BCUT2D eigenvalue weighted by Gasteiger charge is -2.23. The maximum atomic E-state index is 5.91. The van der Waals surface area contributed by atoms with Crippen LogP contribution in [0.2, 0.25) is 0 Å². The molecule has 0 radical (unpaired) electrons. The Labute approximate surface area is 144 Å². The van der Waals surface area contributed by atoms with Crippen LogP contribution in [0.3, 0.4) is 0 Å². The van der Waals surface area contributed by atoms with E-state index in [0.717, 1.165) is 38.4 Å². The minimum absolute atomic E-state index is 0.350. The van der Waals surface area contributed by atoms with E-state index in [9.17, 15) is 0 Å². The van der Waals surface area contributed by atoms with Gasteiger partial charge in [-0.2, -0.15) is 0 Å². The van der Waals surface area contributed by atoms with Crippen LogP contribution in [0.25, 0.3) is 0 Å². The molecule has 3 unspecified atom stereocenters. The zero-order chi connectivity index (χ0) is 16.8. The molecule has 3 atom stereocenters. The standard InChI is InChI=1S/C19H29N3O2/c1-3-10-23-13-15-7-5-4-6-14(15)12-21-19(20-2)22-17-11-16-8-9-18(17)24-16/h4-7,16-18H,3,8-13H2,1-2H3,(H2,20,21,22). The molecule has 5 heteroatoms. The Morgan fingerprint density at radius 1 is 1.29 bits per heavy atom. The highest BCUT2D eigenvalue weighted by molar-refractivity contribution is 5.80. The van der Waals surface area contributed by atoms with Gasteiger partial charge in [-0.15, -0.1) is 0 Å². The van der Waals surface area contributed by atoms with Crippen LogP contribution in [0, 0.1) is 0 Å². The number of hydrogen-bond acceptors (Lipinski definition) is 3. The minimum Gasteiger partial charge on any atom is -0.377 e. The number of rotatable bonds is 7. The highest BCUT2D eigenvalue weighted by Crippen LogP contribution is 2.34. The summed E-state index contributed by atoms with van der Waals surface area (Å²) < 4.78 is 11.6. The summed E-state index contributed by atoms with van der Waals surface area (Å²) >= 11 is 0. The van der Waals surface area contributed by atoms with Crippen molar-refractivity contribution in [2.24, 2.45) is 4.99 Å². The largest absolute Gasteiger partial charge is 0.377 e. The highest BCUT2D eigenvalue weighted by Gasteiger charge is 2.41. The molecular weight excluding hydrogens is 302 g/mol. The lowest BCUT2D eigenvalue weighted by molar-refractivity contribution is 0.0992. The summed E-state index contributed by atoms with van der Waals surface area (Å²) in [5, 5.41) is 6.95. The van der Waals surface area contributed by atoms with E-state index in [1.807, 2.05) is 7.05 Å². The zero-order valence-corrected chi connectivity index (χ0v) is 14.8. The number of ether oxygens (including phenoxy) is 2. The van der Waals surface area contributed by atoms with Crippen molar-refractivity contribution in [1.82, 2.24) is 10.6 Å². The Balaban J connectivity index is 1.52. The van der Waals surface area contributed by atoms with Crippen molar-refractivity contribution in [3.05, 3.63) is 35.4 Å². The number of aliphatic imine (C=N–C) groups is 1. The third-order valence-electron chi connectivity index (χ3n) is 4.82. The molecule has 2 aliphatic heterocycles. The number of nitrogens with one attached hydrogen (secondary N) is 2. The first kappa shape index (κ1) is 17.2. The summed E-state index contributed by atoms with van der Waals surface area (Å²) in [6.07, 6.45) is 5.30. The number of guanidine groups is 1. The summed E-state index contributed by atoms with van der Waals surface area (Å²) in [5.74, 6) is 0.848. The van der Waals surface area contributed by atoms with Crippen LogP contribution in [0.5, 0.6) is 0 Å². The third kappa shape index (κ3) is 4.28. The molecule has 2 heterocycles. The molecule has 1 aromatic rings. The van der Waals surface area contributed by atoms with Crippen molar-refractivity contribution in [2.45, 2.75) is 64.0 Å². The van der Waals surface area contributed by atoms with Gasteiger partial charge in [0, 0.05) is 20.2 Å². The second kappa shape index (κ2) is 8.49. The summed E-state index contributed by atoms with van der Waals surface area (Å²) in [5.41, 5.74) is 2.48. The van der Waals surface area contributed by atoms with Gasteiger partial charge in [0.05, 0.1) is 24.9 Å². The first-order chi connectivity index (χ1) is 11.8. The molecular formula is C19H29N3O2. The average Bonchev–Trinajstić information content (AvgIpc) is 3.22. The zero-order valence-electron chi connectivity index (χ0n) is 14.8. The van der Waals surface area contributed by atoms with Crippen LogP contribution in [0.4, 0.5) is 0 Å². The van der Waals surface area contributed by atoms with Gasteiger partial charge in [-0.05, 0) is 36.8 Å². The number of benzene rings is 1. The molecule has 5 nitrogen and oxygen atoms in total. The minimum atomic E-state index is 0.350. The van der Waals surface area contributed by atoms with Gasteiger partial charge in [0.1, 0.15) is 0 Å². The maximum absolute atomic E-state index is 5.91. The third-order valence-corrected chi connectivity index (χ3v) is 4.82. The quantitative estimate of drug-likeness (QED) is 0.458. The van der Waals surface area contributed by atoms with E-state index in [1.165, 1.54) is 17.5 Å². The summed E-state index contributed by atoms with van der Waals surface area (Å²) in [6, 6.07) is 8.80. The topological polar surface area (TPSA) is 54.9 Å². The fourth-order valence-electron chi connectivity index (χ4n) is 3.54. The summed E-state index contributed by atoms with van der Waals surface area (Å²) in [4.78, 5) is 4.36. The van der Waals surface area contributed by atoms with Gasteiger partial charge in [0.2, 0.25) is 0 Å². The molecule has 132 valence electrons. The van der Waals surface area contributed by atoms with Gasteiger partial charge in [-0.25, -0.2) is 0 Å². The van der Waals surface area contributed by atoms with Crippen molar-refractivity contribution in [3.63, 3.8) is 0 Å². The van der Waals surface area contributed by atoms with Gasteiger partial charge in [0.15, 0.2) is 5.96 Å². The Morgan fingerprint density at radius 2 is 2.12 bits per heavy atom. The second-order valence-electron chi connectivity index (χ2n) is 6.61. The predicted octanol–water partition coefficient (Wildman–Crippen LogP) is 2.60. The number of hydrogen-bond donors (Lipinski definition) is 2. The molecule has 0 amide bonds. The van der Waals surface area contributed by atoms with Crippen LogP contribution >= 0.6 is 0 Å². The van der Waals surface area contributed by atoms with Crippen LogP contribution in [-0.2, 0) is 22.6 Å². The van der Waals surface area contributed by atoms with Crippen molar-refractivity contribution >= 4 is 5.96 Å². The molecule has 2 aliphatic rings. The summed E-state index contributed by atoms with van der Waals surface area (Å²) in [6.45, 7) is 4.34. The van der Waals surface area contributed by atoms with Gasteiger partial charge in [-0.1, -0.05) is 31.2 Å². The molecule has 0 saturated carbocycles. The van der Waals surface area contributed by atoms with E-state index < -0.39 is 0 Å². The fraction of sp³-hybridized carbons (Fsp3) is 0.632. The van der Waals surface area contributed by atoms with Crippen molar-refractivity contribution in [1.29, 1.82) is 0 Å². The van der Waals surface area contributed by atoms with Crippen LogP contribution in [0.1, 0.15) is 43.7 Å². The molecule has 2 fully saturated rings. The molecule has 0 spiro atoms. The summed E-state index contributed by atoms with van der Waals surface area (Å²) in [7, 11) is 1.82. The normalized spacial score (nSPS) is 25.9. The molecule has 2 saturated heterocycles. The number of nitrogens with zero attached hydrogens (tertiary/aromatic N) is 1. The Hall–Kier alpha value is -1.59. The molecule has 1 aromatic carbocycles. The molecule has 2 N–H and O–H groups in total. The van der Waals surface area contributed by atoms with E-state index in [2.05, 4.69) is 46.8 Å². The van der Waals surface area contributed by atoms with Crippen molar-refractivity contribution in [3.8, 4) is 0 Å². The monoisotopic (exact) mass is 331 g/mol. The Bertz CT molecular complexity index is 561. The van der Waals surface area contributed by atoms with Gasteiger partial charge in [-0.3, -0.25) is 4.99 Å². The van der Waals surface area contributed by atoms with Crippen LogP contribution in [0.15, 0.2) is 29.3 Å². The van der Waals surface area contributed by atoms with Crippen LogP contribution in [-0.4, -0.2) is 37.9 Å². The fourth-order valence-corrected chi connectivity index (χ4v) is 3.54. The van der Waals surface area contributed by atoms with Crippen molar-refractivity contribution in [2.75, 3.05) is 13.7 Å². The molecule has 2 bridgehead atoms. The Kier molecular flexibility index (Phi) is 6.10. The first-order valence-electron chi connectivity index (χ1n) is 9.07. The molecule has 3 rings (SSSR count). The van der Waals surface area contributed by atoms with E-state index in [4.69, 9.17) is 9.47 Å². The molecule has 0 aromatic heterocycles. The van der Waals surface area contributed by atoms with Gasteiger partial charge >= 0.3 is 0 Å². The van der Waals surface area contributed by atoms with E-state index in [-0.39, 0.29) is 0 Å². The predicted molar refractivity (Wildman–Crippen MR) is 96.0 cm³/mol. The highest BCUT2D eigenvalue weighted by atomic mass is 16.5. The van der Waals surface area contributed by atoms with E-state index >= 15 is 0 Å². The molecule has 24 heavy (non-hydrogen) atoms. The second-order valence-corrected chi connectivity index (χ2v) is 6.61. The SMILES string of the molecule is CCCOCc1ccccc1CNC(=NC)NC1CC2CCC1O2. The van der Waals surface area contributed by atoms with Gasteiger partial charge in [0.25, 0.3) is 0 Å². The van der Waals surface area contributed by atoms with Crippen molar-refractivity contribution < 1.29 is 9.47 Å². The van der Waals surface area contributed by atoms with Gasteiger partial charge < -0.3 is 20.1 Å².